The summed E-state index contributed by atoms with van der Waals surface area (Å²) in [7, 11) is 2.70. The van der Waals surface area contributed by atoms with Gasteiger partial charge < -0.3 is 5.32 Å². The van der Waals surface area contributed by atoms with Crippen molar-refractivity contribution in [3.05, 3.63) is 57.1 Å². The van der Waals surface area contributed by atoms with Crippen LogP contribution < -0.4 is 5.32 Å². The van der Waals surface area contributed by atoms with Gasteiger partial charge in [-0.3, -0.25) is 4.79 Å². The number of hydrogen-bond acceptors (Lipinski definition) is 4. The number of rotatable bonds is 4. The third-order valence-electron chi connectivity index (χ3n) is 3.22. The number of amides is 1. The third kappa shape index (κ3) is 3.57. The van der Waals surface area contributed by atoms with Crippen LogP contribution in [0.1, 0.15) is 21.1 Å². The predicted molar refractivity (Wildman–Crippen MR) is 96.1 cm³/mol. The smallest absolute Gasteiger partial charge is 0.251 e. The Kier molecular flexibility index (Phi) is 4.99. The van der Waals surface area contributed by atoms with Gasteiger partial charge in [-0.05, 0) is 40.3 Å². The Morgan fingerprint density at radius 2 is 2.09 bits per heavy atom. The average molecular weight is 412 g/mol. The summed E-state index contributed by atoms with van der Waals surface area (Å²) in [6.07, 6.45) is 3.02. The van der Waals surface area contributed by atoms with Crippen LogP contribution in [-0.4, -0.2) is 15.9 Å². The molecule has 0 aliphatic heterocycles. The van der Waals surface area contributed by atoms with Crippen molar-refractivity contribution in [2.75, 3.05) is 0 Å². The first-order valence-corrected chi connectivity index (χ1v) is 9.16. The zero-order valence-electron chi connectivity index (χ0n) is 11.8. The minimum Gasteiger partial charge on any atom is -0.345 e. The molecule has 118 valence electrons. The van der Waals surface area contributed by atoms with Crippen molar-refractivity contribution in [1.82, 2.24) is 15.3 Å². The number of carbonyl (C=O) groups excluding carboxylic acids is 1. The number of nitrogens with zero attached hydrogens (tertiary/aromatic N) is 2. The molecule has 3 aromatic rings. The van der Waals surface area contributed by atoms with Crippen LogP contribution in [0.15, 0.2) is 35.1 Å². The zero-order chi connectivity index (χ0) is 16.4. The average Bonchev–Trinajstić information content (AvgIpc) is 2.89. The van der Waals surface area contributed by atoms with Gasteiger partial charge in [-0.1, -0.05) is 0 Å². The van der Waals surface area contributed by atoms with Crippen LogP contribution in [0.4, 0.5) is 4.39 Å². The Hall–Kier alpha value is -1.43. The van der Waals surface area contributed by atoms with Crippen LogP contribution in [0.25, 0.3) is 10.1 Å². The molecule has 1 atom stereocenters. The summed E-state index contributed by atoms with van der Waals surface area (Å²) in [5.41, 5.74) is 0.563. The number of fused-ring (bicyclic) bond motifs is 1. The van der Waals surface area contributed by atoms with Gasteiger partial charge in [0.2, 0.25) is 0 Å². The van der Waals surface area contributed by atoms with E-state index in [2.05, 4.69) is 40.5 Å². The van der Waals surface area contributed by atoms with Crippen LogP contribution in [0.3, 0.4) is 0 Å². The third-order valence-corrected chi connectivity index (χ3v) is 6.29. The molecular weight excluding hydrogens is 400 g/mol. The molecule has 2 aromatic heterocycles. The van der Waals surface area contributed by atoms with Crippen molar-refractivity contribution in [3.8, 4) is 0 Å². The van der Waals surface area contributed by atoms with E-state index in [0.29, 0.717) is 11.4 Å². The Morgan fingerprint density at radius 3 is 2.78 bits per heavy atom. The van der Waals surface area contributed by atoms with Gasteiger partial charge in [0.1, 0.15) is 5.82 Å². The van der Waals surface area contributed by atoms with Crippen molar-refractivity contribution in [3.63, 3.8) is 0 Å². The molecule has 3 rings (SSSR count). The highest BCUT2D eigenvalue weighted by Gasteiger charge is 2.12. The summed E-state index contributed by atoms with van der Waals surface area (Å²) in [5, 5.41) is 3.76. The molecule has 0 saturated carbocycles. The topological polar surface area (TPSA) is 54.9 Å². The molecular formula is C15H12BrFN3OPS. The molecule has 0 spiro atoms. The summed E-state index contributed by atoms with van der Waals surface area (Å²) in [6.45, 7) is 0.152. The number of nitrogens with one attached hydrogen (secondary N) is 1. The lowest BCUT2D eigenvalue weighted by atomic mass is 10.1. The second kappa shape index (κ2) is 6.99. The highest BCUT2D eigenvalue weighted by Crippen LogP contribution is 2.37. The molecule has 1 amide bonds. The van der Waals surface area contributed by atoms with Gasteiger partial charge in [0.25, 0.3) is 5.91 Å². The first-order chi connectivity index (χ1) is 11.1. The largest absolute Gasteiger partial charge is 0.345 e. The summed E-state index contributed by atoms with van der Waals surface area (Å²) in [4.78, 5) is 21.1. The van der Waals surface area contributed by atoms with E-state index >= 15 is 0 Å². The maximum Gasteiger partial charge on any atom is 0.251 e. The van der Waals surface area contributed by atoms with E-state index in [1.807, 2.05) is 12.1 Å². The van der Waals surface area contributed by atoms with E-state index in [1.54, 1.807) is 17.4 Å². The van der Waals surface area contributed by atoms with Crippen molar-refractivity contribution in [1.29, 1.82) is 0 Å². The van der Waals surface area contributed by atoms with Crippen LogP contribution in [0.5, 0.6) is 0 Å². The standard InChI is InChI=1S/C15H12BrFN3OPS/c16-14-10-3-8(1-2-11(10)23-12(14)7-22)15(21)20-6-13-18-4-9(17)5-19-13/h1-5H,6-7,22H2,(H,20,21). The van der Waals surface area contributed by atoms with E-state index < -0.39 is 5.82 Å². The number of hydrogen-bond donors (Lipinski definition) is 1. The molecule has 0 radical (unpaired) electrons. The van der Waals surface area contributed by atoms with Gasteiger partial charge in [-0.2, -0.15) is 0 Å². The first kappa shape index (κ1) is 16.4. The molecule has 0 aliphatic carbocycles. The summed E-state index contributed by atoms with van der Waals surface area (Å²) >= 11 is 5.29. The summed E-state index contributed by atoms with van der Waals surface area (Å²) in [5.74, 6) is -0.356. The van der Waals surface area contributed by atoms with Gasteiger partial charge in [-0.25, -0.2) is 14.4 Å². The van der Waals surface area contributed by atoms with Crippen LogP contribution >= 0.6 is 36.5 Å². The number of thiophene rings is 1. The Morgan fingerprint density at radius 1 is 1.35 bits per heavy atom. The SMILES string of the molecule is O=C(NCc1ncc(F)cn1)c1ccc2sc(CP)c(Br)c2c1. The lowest BCUT2D eigenvalue weighted by molar-refractivity contribution is 0.0950. The zero-order valence-corrected chi connectivity index (χ0v) is 15.4. The second-order valence-corrected chi connectivity index (χ2v) is 7.09. The molecule has 0 saturated heterocycles. The fraction of sp³-hybridized carbons (Fsp3) is 0.133. The number of benzene rings is 1. The van der Waals surface area contributed by atoms with Crippen LogP contribution in [-0.2, 0) is 12.7 Å². The fourth-order valence-corrected chi connectivity index (χ4v) is 4.65. The van der Waals surface area contributed by atoms with Crippen LogP contribution in [0, 0.1) is 5.82 Å². The minimum atomic E-state index is -0.502. The normalized spacial score (nSPS) is 10.9. The quantitative estimate of drug-likeness (QED) is 0.662. The van der Waals surface area contributed by atoms with Crippen LogP contribution in [0.2, 0.25) is 0 Å². The Bertz CT molecular complexity index is 869. The van der Waals surface area contributed by atoms with E-state index in [9.17, 15) is 9.18 Å². The molecule has 2 heterocycles. The fourth-order valence-electron chi connectivity index (χ4n) is 2.08. The molecule has 8 heteroatoms. The van der Waals surface area contributed by atoms with E-state index in [0.717, 1.165) is 33.1 Å². The van der Waals surface area contributed by atoms with E-state index in [1.165, 1.54) is 4.88 Å². The molecule has 0 aliphatic rings. The monoisotopic (exact) mass is 411 g/mol. The first-order valence-electron chi connectivity index (χ1n) is 6.74. The number of carbonyl (C=O) groups is 1. The molecule has 1 N–H and O–H groups in total. The van der Waals surface area contributed by atoms with Gasteiger partial charge >= 0.3 is 0 Å². The second-order valence-electron chi connectivity index (χ2n) is 4.75. The minimum absolute atomic E-state index is 0.152. The van der Waals surface area contributed by atoms with Crippen molar-refractivity contribution >= 4 is 52.5 Å². The Balaban J connectivity index is 1.77. The molecule has 0 fully saturated rings. The van der Waals surface area contributed by atoms with Crippen molar-refractivity contribution in [2.45, 2.75) is 12.7 Å². The van der Waals surface area contributed by atoms with Crippen molar-refractivity contribution < 1.29 is 9.18 Å². The molecule has 4 nitrogen and oxygen atoms in total. The van der Waals surface area contributed by atoms with E-state index in [-0.39, 0.29) is 12.5 Å². The molecule has 23 heavy (non-hydrogen) atoms. The highest BCUT2D eigenvalue weighted by atomic mass is 79.9. The van der Waals surface area contributed by atoms with Gasteiger partial charge in [0, 0.05) is 25.0 Å². The van der Waals surface area contributed by atoms with Gasteiger partial charge in [0.05, 0.1) is 18.9 Å². The predicted octanol–water partition coefficient (Wildman–Crippen LogP) is 3.90. The molecule has 1 aromatic carbocycles. The summed E-state index contributed by atoms with van der Waals surface area (Å²) < 4.78 is 14.9. The van der Waals surface area contributed by atoms with Crippen molar-refractivity contribution in [2.24, 2.45) is 0 Å². The number of halogens is 2. The maximum atomic E-state index is 12.8. The van der Waals surface area contributed by atoms with Gasteiger partial charge in [-0.15, -0.1) is 20.6 Å². The Labute approximate surface area is 146 Å². The maximum absolute atomic E-state index is 12.8. The van der Waals surface area contributed by atoms with Gasteiger partial charge in [0.15, 0.2) is 5.82 Å². The lowest BCUT2D eigenvalue weighted by Crippen LogP contribution is -2.23. The lowest BCUT2D eigenvalue weighted by Gasteiger charge is -2.04. The van der Waals surface area contributed by atoms with E-state index in [4.69, 9.17) is 0 Å². The molecule has 1 unspecified atom stereocenters. The number of aromatic nitrogens is 2. The molecule has 0 bridgehead atoms. The summed E-state index contributed by atoms with van der Waals surface area (Å²) in [6, 6.07) is 5.59. The highest BCUT2D eigenvalue weighted by molar-refractivity contribution is 9.10.